The van der Waals surface area contributed by atoms with Crippen LogP contribution in [0.2, 0.25) is 0 Å². The molecule has 3 heteroatoms. The minimum atomic E-state index is 0.562. The Labute approximate surface area is 104 Å². The van der Waals surface area contributed by atoms with Crippen molar-refractivity contribution in [3.63, 3.8) is 0 Å². The molecule has 0 radical (unpaired) electrons. The maximum Gasteiger partial charge on any atom is 0.126 e. The van der Waals surface area contributed by atoms with Crippen molar-refractivity contribution in [1.82, 2.24) is 4.98 Å². The van der Waals surface area contributed by atoms with Gasteiger partial charge in [0.1, 0.15) is 5.82 Å². The maximum absolute atomic E-state index is 5.64. The highest BCUT2D eigenvalue weighted by Gasteiger charge is 2.22. The Morgan fingerprint density at radius 1 is 1.35 bits per heavy atom. The van der Waals surface area contributed by atoms with Crippen LogP contribution in [-0.4, -0.2) is 11.0 Å². The smallest absolute Gasteiger partial charge is 0.126 e. The van der Waals surface area contributed by atoms with Crippen molar-refractivity contribution in [3.05, 3.63) is 18.3 Å². The van der Waals surface area contributed by atoms with Crippen molar-refractivity contribution in [2.45, 2.75) is 51.5 Å². The second-order valence-electron chi connectivity index (χ2n) is 5.03. The number of rotatable bonds is 4. The maximum atomic E-state index is 5.64. The number of hydrogen-bond donors (Lipinski definition) is 2. The molecule has 2 rings (SSSR count). The topological polar surface area (TPSA) is 50.9 Å². The summed E-state index contributed by atoms with van der Waals surface area (Å²) in [6.45, 7) is 2.25. The van der Waals surface area contributed by atoms with Crippen molar-refractivity contribution >= 4 is 11.5 Å². The lowest BCUT2D eigenvalue weighted by atomic mass is 9.83. The molecule has 0 saturated heterocycles. The first-order valence-corrected chi connectivity index (χ1v) is 6.77. The molecule has 0 bridgehead atoms. The summed E-state index contributed by atoms with van der Waals surface area (Å²) in [6, 6.07) is 4.44. The summed E-state index contributed by atoms with van der Waals surface area (Å²) < 4.78 is 0. The molecule has 1 aliphatic rings. The van der Waals surface area contributed by atoms with E-state index in [1.54, 1.807) is 6.20 Å². The zero-order chi connectivity index (χ0) is 12.1. The van der Waals surface area contributed by atoms with E-state index in [-0.39, 0.29) is 0 Å². The number of nitrogens with two attached hydrogens (primary N) is 1. The van der Waals surface area contributed by atoms with E-state index in [9.17, 15) is 0 Å². The lowest BCUT2D eigenvalue weighted by Crippen LogP contribution is -2.30. The normalized spacial score (nSPS) is 18.9. The minimum absolute atomic E-state index is 0.562. The molecular weight excluding hydrogens is 210 g/mol. The first-order valence-electron chi connectivity index (χ1n) is 6.77. The van der Waals surface area contributed by atoms with Crippen molar-refractivity contribution in [1.29, 1.82) is 0 Å². The SMILES string of the molecule is CCC(Nc1ccc(N)cn1)C1CCCCC1. The van der Waals surface area contributed by atoms with Crippen LogP contribution in [0.5, 0.6) is 0 Å². The summed E-state index contributed by atoms with van der Waals surface area (Å²) in [6.07, 6.45) is 9.79. The Balaban J connectivity index is 1.96. The van der Waals surface area contributed by atoms with Crippen LogP contribution in [0.1, 0.15) is 45.4 Å². The molecule has 1 unspecified atom stereocenters. The quantitative estimate of drug-likeness (QED) is 0.837. The van der Waals surface area contributed by atoms with Crippen molar-refractivity contribution in [2.75, 3.05) is 11.1 Å². The summed E-state index contributed by atoms with van der Waals surface area (Å²) in [7, 11) is 0. The number of nitrogens with zero attached hydrogens (tertiary/aromatic N) is 1. The molecule has 94 valence electrons. The fraction of sp³-hybridized carbons (Fsp3) is 0.643. The van der Waals surface area contributed by atoms with E-state index < -0.39 is 0 Å². The molecule has 1 atom stereocenters. The first-order chi connectivity index (χ1) is 8.29. The van der Waals surface area contributed by atoms with Gasteiger partial charge >= 0.3 is 0 Å². The van der Waals surface area contributed by atoms with Gasteiger partial charge in [0.25, 0.3) is 0 Å². The second-order valence-corrected chi connectivity index (χ2v) is 5.03. The summed E-state index contributed by atoms with van der Waals surface area (Å²) in [5.74, 6) is 1.77. The highest BCUT2D eigenvalue weighted by molar-refractivity contribution is 5.44. The molecule has 1 heterocycles. The average Bonchev–Trinajstić information content (AvgIpc) is 2.39. The Kier molecular flexibility index (Phi) is 4.24. The van der Waals surface area contributed by atoms with E-state index in [4.69, 9.17) is 5.73 Å². The predicted molar refractivity (Wildman–Crippen MR) is 72.9 cm³/mol. The summed E-state index contributed by atoms with van der Waals surface area (Å²) in [5.41, 5.74) is 6.37. The molecule has 0 spiro atoms. The number of hydrogen-bond acceptors (Lipinski definition) is 3. The molecule has 3 nitrogen and oxygen atoms in total. The zero-order valence-electron chi connectivity index (χ0n) is 10.7. The number of aromatic nitrogens is 1. The highest BCUT2D eigenvalue weighted by Crippen LogP contribution is 2.29. The number of nitrogens with one attached hydrogen (secondary N) is 1. The molecular formula is C14H23N3. The summed E-state index contributed by atoms with van der Waals surface area (Å²) >= 11 is 0. The van der Waals surface area contributed by atoms with Crippen LogP contribution in [-0.2, 0) is 0 Å². The Hall–Kier alpha value is -1.25. The summed E-state index contributed by atoms with van der Waals surface area (Å²) in [5, 5.41) is 3.56. The molecule has 0 aromatic carbocycles. The van der Waals surface area contributed by atoms with Crippen molar-refractivity contribution in [2.24, 2.45) is 5.92 Å². The van der Waals surface area contributed by atoms with E-state index in [1.807, 2.05) is 12.1 Å². The van der Waals surface area contributed by atoms with E-state index in [0.717, 1.165) is 23.8 Å². The van der Waals surface area contributed by atoms with Gasteiger partial charge in [0, 0.05) is 6.04 Å². The number of pyridine rings is 1. The largest absolute Gasteiger partial charge is 0.397 e. The van der Waals surface area contributed by atoms with Crippen LogP contribution in [0.15, 0.2) is 18.3 Å². The van der Waals surface area contributed by atoms with Gasteiger partial charge in [-0.3, -0.25) is 0 Å². The van der Waals surface area contributed by atoms with Crippen LogP contribution >= 0.6 is 0 Å². The van der Waals surface area contributed by atoms with Gasteiger partial charge in [-0.2, -0.15) is 0 Å². The third-order valence-corrected chi connectivity index (χ3v) is 3.78. The Morgan fingerprint density at radius 3 is 2.71 bits per heavy atom. The third-order valence-electron chi connectivity index (χ3n) is 3.78. The van der Waals surface area contributed by atoms with Gasteiger partial charge in [-0.1, -0.05) is 26.2 Å². The molecule has 3 N–H and O–H groups in total. The fourth-order valence-electron chi connectivity index (χ4n) is 2.77. The lowest BCUT2D eigenvalue weighted by molar-refractivity contribution is 0.312. The Bertz CT molecular complexity index is 328. The standard InChI is InChI=1S/C14H23N3/c1-2-13(11-6-4-3-5-7-11)17-14-9-8-12(15)10-16-14/h8-11,13H,2-7,15H2,1H3,(H,16,17). The zero-order valence-corrected chi connectivity index (χ0v) is 10.7. The van der Waals surface area contributed by atoms with Crippen LogP contribution in [0, 0.1) is 5.92 Å². The van der Waals surface area contributed by atoms with E-state index in [2.05, 4.69) is 17.2 Å². The van der Waals surface area contributed by atoms with E-state index in [0.29, 0.717) is 6.04 Å². The molecule has 0 amide bonds. The molecule has 1 aromatic heterocycles. The number of anilines is 2. The van der Waals surface area contributed by atoms with Gasteiger partial charge < -0.3 is 11.1 Å². The van der Waals surface area contributed by atoms with Crippen LogP contribution in [0.3, 0.4) is 0 Å². The minimum Gasteiger partial charge on any atom is -0.397 e. The summed E-state index contributed by atoms with van der Waals surface area (Å²) in [4.78, 5) is 4.32. The fourth-order valence-corrected chi connectivity index (χ4v) is 2.77. The Morgan fingerprint density at radius 2 is 2.12 bits per heavy atom. The van der Waals surface area contributed by atoms with Crippen molar-refractivity contribution < 1.29 is 0 Å². The lowest BCUT2D eigenvalue weighted by Gasteiger charge is -2.30. The van der Waals surface area contributed by atoms with Crippen LogP contribution < -0.4 is 11.1 Å². The van der Waals surface area contributed by atoms with Crippen molar-refractivity contribution in [3.8, 4) is 0 Å². The third kappa shape index (κ3) is 3.35. The molecule has 17 heavy (non-hydrogen) atoms. The molecule has 1 aliphatic carbocycles. The van der Waals surface area contributed by atoms with Gasteiger partial charge in [0.2, 0.25) is 0 Å². The monoisotopic (exact) mass is 233 g/mol. The van der Waals surface area contributed by atoms with E-state index >= 15 is 0 Å². The molecule has 1 aromatic rings. The van der Waals surface area contributed by atoms with Gasteiger partial charge in [0.05, 0.1) is 11.9 Å². The van der Waals surface area contributed by atoms with Crippen LogP contribution in [0.25, 0.3) is 0 Å². The predicted octanol–water partition coefficient (Wildman–Crippen LogP) is 3.43. The highest BCUT2D eigenvalue weighted by atomic mass is 15.0. The number of nitrogen functional groups attached to an aromatic ring is 1. The second kappa shape index (κ2) is 5.89. The van der Waals surface area contributed by atoms with Gasteiger partial charge in [0.15, 0.2) is 0 Å². The van der Waals surface area contributed by atoms with Gasteiger partial charge in [-0.25, -0.2) is 4.98 Å². The average molecular weight is 233 g/mol. The molecule has 1 saturated carbocycles. The van der Waals surface area contributed by atoms with Crippen LogP contribution in [0.4, 0.5) is 11.5 Å². The van der Waals surface area contributed by atoms with E-state index in [1.165, 1.54) is 32.1 Å². The molecule has 1 fully saturated rings. The first kappa shape index (κ1) is 12.2. The van der Waals surface area contributed by atoms with Gasteiger partial charge in [-0.15, -0.1) is 0 Å². The molecule has 0 aliphatic heterocycles. The van der Waals surface area contributed by atoms with Gasteiger partial charge in [-0.05, 0) is 37.3 Å².